The average molecular weight is 255 g/mol. The standard InChI is InChI=1S/C14H13N3O2/c15-11-6-12-13(7-14(11)18)17(9-16-12)19-8-10-4-2-1-3-5-10/h1-7,9,18H,8,15H2. The SMILES string of the molecule is Nc1cc2ncn(OCc3ccccc3)c2cc1O. The van der Waals surface area contributed by atoms with Crippen LogP contribution in [0.3, 0.4) is 0 Å². The summed E-state index contributed by atoms with van der Waals surface area (Å²) in [7, 11) is 0. The molecule has 0 radical (unpaired) electrons. The number of aromatic hydroxyl groups is 1. The van der Waals surface area contributed by atoms with Gasteiger partial charge < -0.3 is 15.7 Å². The lowest BCUT2D eigenvalue weighted by Crippen LogP contribution is -2.09. The summed E-state index contributed by atoms with van der Waals surface area (Å²) in [6.45, 7) is 0.428. The number of hydrogen-bond donors (Lipinski definition) is 2. The second-order valence-electron chi connectivity index (χ2n) is 4.23. The van der Waals surface area contributed by atoms with Gasteiger partial charge in [0, 0.05) is 6.07 Å². The van der Waals surface area contributed by atoms with E-state index in [1.807, 2.05) is 30.3 Å². The fourth-order valence-electron chi connectivity index (χ4n) is 1.86. The Balaban J connectivity index is 1.87. The van der Waals surface area contributed by atoms with Crippen LogP contribution < -0.4 is 10.6 Å². The van der Waals surface area contributed by atoms with Crippen molar-refractivity contribution in [3.8, 4) is 5.75 Å². The number of nitrogens with two attached hydrogens (primary N) is 1. The van der Waals surface area contributed by atoms with E-state index < -0.39 is 0 Å². The van der Waals surface area contributed by atoms with Gasteiger partial charge in [-0.1, -0.05) is 30.3 Å². The van der Waals surface area contributed by atoms with Crippen LogP contribution >= 0.6 is 0 Å². The lowest BCUT2D eigenvalue weighted by Gasteiger charge is -2.07. The first kappa shape index (κ1) is 11.4. The number of phenols is 1. The number of nitrogens with zero attached hydrogens (tertiary/aromatic N) is 2. The van der Waals surface area contributed by atoms with Crippen molar-refractivity contribution >= 4 is 16.7 Å². The zero-order valence-electron chi connectivity index (χ0n) is 10.2. The van der Waals surface area contributed by atoms with Gasteiger partial charge in [0.1, 0.15) is 24.2 Å². The number of rotatable bonds is 3. The minimum atomic E-state index is 0.0255. The summed E-state index contributed by atoms with van der Waals surface area (Å²) in [6.07, 6.45) is 1.56. The molecule has 0 aliphatic rings. The van der Waals surface area contributed by atoms with Gasteiger partial charge in [-0.05, 0) is 11.6 Å². The first-order valence-corrected chi connectivity index (χ1v) is 5.87. The summed E-state index contributed by atoms with van der Waals surface area (Å²) in [6, 6.07) is 13.0. The molecular formula is C14H13N3O2. The Morgan fingerprint density at radius 1 is 1.21 bits per heavy atom. The molecule has 3 rings (SSSR count). The van der Waals surface area contributed by atoms with Crippen LogP contribution in [0.5, 0.6) is 5.75 Å². The van der Waals surface area contributed by atoms with Gasteiger partial charge in [-0.25, -0.2) is 4.98 Å². The number of nitrogen functional groups attached to an aromatic ring is 1. The maximum absolute atomic E-state index is 9.62. The first-order chi connectivity index (χ1) is 9.24. The molecule has 3 aromatic rings. The molecule has 3 N–H and O–H groups in total. The number of phenolic OH excluding ortho intramolecular Hbond substituents is 1. The molecule has 0 amide bonds. The Labute approximate surface area is 109 Å². The molecule has 0 saturated heterocycles. The fraction of sp³-hybridized carbons (Fsp3) is 0.0714. The molecule has 1 heterocycles. The molecule has 0 spiro atoms. The normalized spacial score (nSPS) is 10.7. The predicted molar refractivity (Wildman–Crippen MR) is 72.5 cm³/mol. The molecule has 0 aliphatic heterocycles. The fourth-order valence-corrected chi connectivity index (χ4v) is 1.86. The molecule has 96 valence electrons. The quantitative estimate of drug-likeness (QED) is 0.554. The van der Waals surface area contributed by atoms with Crippen LogP contribution in [0.1, 0.15) is 5.56 Å². The number of anilines is 1. The van der Waals surface area contributed by atoms with E-state index in [4.69, 9.17) is 10.6 Å². The number of fused-ring (bicyclic) bond motifs is 1. The zero-order valence-corrected chi connectivity index (χ0v) is 10.2. The molecule has 1 aromatic heterocycles. The van der Waals surface area contributed by atoms with Gasteiger partial charge in [-0.3, -0.25) is 0 Å². The number of benzene rings is 2. The maximum Gasteiger partial charge on any atom is 0.140 e. The Morgan fingerprint density at radius 2 is 2.00 bits per heavy atom. The molecule has 0 fully saturated rings. The monoisotopic (exact) mass is 255 g/mol. The highest BCUT2D eigenvalue weighted by Gasteiger charge is 2.07. The lowest BCUT2D eigenvalue weighted by atomic mass is 10.2. The Hall–Kier alpha value is -2.69. The molecule has 0 unspecified atom stereocenters. The summed E-state index contributed by atoms with van der Waals surface area (Å²) >= 11 is 0. The van der Waals surface area contributed by atoms with Crippen LogP contribution in [0.15, 0.2) is 48.8 Å². The van der Waals surface area contributed by atoms with Crippen molar-refractivity contribution < 1.29 is 9.94 Å². The largest absolute Gasteiger partial charge is 0.506 e. The molecule has 0 atom stereocenters. The van der Waals surface area contributed by atoms with Crippen LogP contribution in [0.2, 0.25) is 0 Å². The summed E-state index contributed by atoms with van der Waals surface area (Å²) < 4.78 is 1.53. The van der Waals surface area contributed by atoms with Crippen molar-refractivity contribution in [2.75, 3.05) is 5.73 Å². The van der Waals surface area contributed by atoms with Gasteiger partial charge >= 0.3 is 0 Å². The molecule has 5 heteroatoms. The third-order valence-electron chi connectivity index (χ3n) is 2.88. The topological polar surface area (TPSA) is 73.3 Å². The first-order valence-electron chi connectivity index (χ1n) is 5.87. The van der Waals surface area contributed by atoms with E-state index in [0.29, 0.717) is 23.3 Å². The Morgan fingerprint density at radius 3 is 2.79 bits per heavy atom. The maximum atomic E-state index is 9.62. The van der Waals surface area contributed by atoms with E-state index in [2.05, 4.69) is 4.98 Å². The minimum absolute atomic E-state index is 0.0255. The van der Waals surface area contributed by atoms with Crippen molar-refractivity contribution in [2.24, 2.45) is 0 Å². The summed E-state index contributed by atoms with van der Waals surface area (Å²) in [5.41, 5.74) is 8.35. The van der Waals surface area contributed by atoms with Crippen LogP contribution in [0.4, 0.5) is 5.69 Å². The second kappa shape index (κ2) is 4.53. The highest BCUT2D eigenvalue weighted by molar-refractivity contribution is 5.82. The molecular weight excluding hydrogens is 242 g/mol. The van der Waals surface area contributed by atoms with Crippen molar-refractivity contribution in [3.63, 3.8) is 0 Å². The minimum Gasteiger partial charge on any atom is -0.506 e. The number of hydrogen-bond acceptors (Lipinski definition) is 4. The molecule has 0 bridgehead atoms. The summed E-state index contributed by atoms with van der Waals surface area (Å²) in [5, 5.41) is 9.62. The Bertz CT molecular complexity index is 707. The zero-order chi connectivity index (χ0) is 13.2. The second-order valence-corrected chi connectivity index (χ2v) is 4.23. The average Bonchev–Trinajstić information content (AvgIpc) is 2.80. The van der Waals surface area contributed by atoms with Crippen LogP contribution in [-0.2, 0) is 6.61 Å². The summed E-state index contributed by atoms with van der Waals surface area (Å²) in [4.78, 5) is 9.82. The molecule has 5 nitrogen and oxygen atoms in total. The smallest absolute Gasteiger partial charge is 0.140 e. The third kappa shape index (κ3) is 2.18. The molecule has 0 aliphatic carbocycles. The van der Waals surface area contributed by atoms with Crippen molar-refractivity contribution in [3.05, 3.63) is 54.4 Å². The predicted octanol–water partition coefficient (Wildman–Crippen LogP) is 1.95. The van der Waals surface area contributed by atoms with E-state index in [9.17, 15) is 5.11 Å². The van der Waals surface area contributed by atoms with E-state index in [0.717, 1.165) is 5.56 Å². The number of imidazole rings is 1. The third-order valence-corrected chi connectivity index (χ3v) is 2.88. The van der Waals surface area contributed by atoms with Crippen molar-refractivity contribution in [2.45, 2.75) is 6.61 Å². The van der Waals surface area contributed by atoms with Gasteiger partial charge in [-0.2, -0.15) is 4.73 Å². The highest BCUT2D eigenvalue weighted by atomic mass is 16.7. The van der Waals surface area contributed by atoms with E-state index in [1.165, 1.54) is 4.73 Å². The van der Waals surface area contributed by atoms with Gasteiger partial charge in [-0.15, -0.1) is 0 Å². The van der Waals surface area contributed by atoms with E-state index in [-0.39, 0.29) is 5.75 Å². The van der Waals surface area contributed by atoms with Gasteiger partial charge in [0.15, 0.2) is 0 Å². The van der Waals surface area contributed by atoms with Crippen LogP contribution in [0, 0.1) is 0 Å². The van der Waals surface area contributed by atoms with Gasteiger partial charge in [0.2, 0.25) is 0 Å². The molecule has 19 heavy (non-hydrogen) atoms. The highest BCUT2D eigenvalue weighted by Crippen LogP contribution is 2.25. The van der Waals surface area contributed by atoms with Crippen molar-refractivity contribution in [1.29, 1.82) is 0 Å². The summed E-state index contributed by atoms with van der Waals surface area (Å²) in [5.74, 6) is 0.0255. The van der Waals surface area contributed by atoms with Crippen LogP contribution in [-0.4, -0.2) is 14.8 Å². The van der Waals surface area contributed by atoms with E-state index >= 15 is 0 Å². The lowest BCUT2D eigenvalue weighted by molar-refractivity contribution is 0.106. The number of aromatic nitrogens is 2. The van der Waals surface area contributed by atoms with Gasteiger partial charge in [0.05, 0.1) is 11.2 Å². The molecule has 2 aromatic carbocycles. The molecule has 0 saturated carbocycles. The van der Waals surface area contributed by atoms with Gasteiger partial charge in [0.25, 0.3) is 0 Å². The Kier molecular flexibility index (Phi) is 2.72. The van der Waals surface area contributed by atoms with Crippen molar-refractivity contribution in [1.82, 2.24) is 9.71 Å². The van der Waals surface area contributed by atoms with E-state index in [1.54, 1.807) is 18.5 Å². The van der Waals surface area contributed by atoms with Crippen LogP contribution in [0.25, 0.3) is 11.0 Å².